The van der Waals surface area contributed by atoms with Crippen LogP contribution in [0, 0.1) is 0 Å². The number of carbonyl (C=O) groups excluding carboxylic acids is 3. The molecule has 0 aliphatic carbocycles. The van der Waals surface area contributed by atoms with E-state index < -0.39 is 60.3 Å². The third-order valence-electron chi connectivity index (χ3n) is 7.73. The third-order valence-corrected chi connectivity index (χ3v) is 11.2. The Hall–Kier alpha value is -4.59. The summed E-state index contributed by atoms with van der Waals surface area (Å²) in [5.74, 6) is -1.28. The standard InChI is InChI=1S/C38H40N2O9S2/c1-38(2,3)51-50-22-14-13-21-28-23-40(37(45)39-32(28)41)33-31(49-36(44)27-19-11-6-12-20-27)30(48-35(43)26-17-9-5-10-18-26)29(47-33)24-46-34(42)25-15-7-4-8-16-25/h4-12,15-20,23,29-31,33H,13-14,21-22,24H2,1-3H3,(H,39,41,45)/t29-,30-,31-,33-/m1/s1. The minimum atomic E-state index is -1.40. The lowest BCUT2D eigenvalue weighted by Gasteiger charge is -2.25. The minimum Gasteiger partial charge on any atom is -0.459 e. The molecule has 1 aliphatic heterocycles. The van der Waals surface area contributed by atoms with E-state index in [9.17, 15) is 24.0 Å². The number of hydrogen-bond acceptors (Lipinski definition) is 11. The summed E-state index contributed by atoms with van der Waals surface area (Å²) in [5.41, 5.74) is -0.312. The van der Waals surface area contributed by atoms with Gasteiger partial charge in [-0.15, -0.1) is 0 Å². The molecule has 1 aliphatic rings. The predicted molar refractivity (Wildman–Crippen MR) is 196 cm³/mol. The van der Waals surface area contributed by atoms with Crippen molar-refractivity contribution in [3.8, 4) is 0 Å². The molecule has 0 bridgehead atoms. The SMILES string of the molecule is CC(C)(C)SSCCCCc1cn([C@@H]2O[C@H](COC(=O)c3ccccc3)[C@@H](OC(=O)c3ccccc3)[C@H]2OC(=O)c2ccccc2)c(=O)[nH]c1=O. The molecule has 0 saturated carbocycles. The van der Waals surface area contributed by atoms with Crippen molar-refractivity contribution in [2.75, 3.05) is 12.4 Å². The summed E-state index contributed by atoms with van der Waals surface area (Å²) < 4.78 is 25.1. The lowest BCUT2D eigenvalue weighted by molar-refractivity contribution is -0.0641. The lowest BCUT2D eigenvalue weighted by Crippen LogP contribution is -2.43. The van der Waals surface area contributed by atoms with Crippen LogP contribution in [-0.2, 0) is 25.4 Å². The number of nitrogens with zero attached hydrogens (tertiary/aromatic N) is 1. The first-order valence-electron chi connectivity index (χ1n) is 16.5. The van der Waals surface area contributed by atoms with Crippen LogP contribution < -0.4 is 11.2 Å². The van der Waals surface area contributed by atoms with Gasteiger partial charge in [0, 0.05) is 22.3 Å². The van der Waals surface area contributed by atoms with E-state index in [0.29, 0.717) is 18.4 Å². The number of benzene rings is 3. The highest BCUT2D eigenvalue weighted by atomic mass is 33.1. The summed E-state index contributed by atoms with van der Waals surface area (Å²) in [6.07, 6.45) is -1.98. The highest BCUT2D eigenvalue weighted by Gasteiger charge is 2.51. The van der Waals surface area contributed by atoms with Crippen LogP contribution in [0.1, 0.15) is 76.5 Å². The van der Waals surface area contributed by atoms with Crippen molar-refractivity contribution in [2.45, 2.75) is 69.3 Å². The maximum absolute atomic E-state index is 13.5. The van der Waals surface area contributed by atoms with Crippen LogP contribution in [-0.4, -0.2) is 62.9 Å². The molecule has 0 unspecified atom stereocenters. The van der Waals surface area contributed by atoms with Crippen LogP contribution >= 0.6 is 21.6 Å². The van der Waals surface area contributed by atoms with Crippen LogP contribution in [0.3, 0.4) is 0 Å². The molecule has 51 heavy (non-hydrogen) atoms. The van der Waals surface area contributed by atoms with E-state index in [1.165, 1.54) is 6.20 Å². The van der Waals surface area contributed by atoms with E-state index in [1.54, 1.807) is 113 Å². The molecule has 13 heteroatoms. The summed E-state index contributed by atoms with van der Waals surface area (Å²) in [5, 5.41) is 0. The van der Waals surface area contributed by atoms with Gasteiger partial charge in [-0.05, 0) is 55.7 Å². The molecule has 4 aromatic rings. The molecule has 5 rings (SSSR count). The van der Waals surface area contributed by atoms with E-state index in [1.807, 2.05) is 0 Å². The number of hydrogen-bond donors (Lipinski definition) is 1. The van der Waals surface area contributed by atoms with Gasteiger partial charge in [0.05, 0.1) is 16.7 Å². The zero-order valence-electron chi connectivity index (χ0n) is 28.5. The van der Waals surface area contributed by atoms with Crippen molar-refractivity contribution in [3.63, 3.8) is 0 Å². The maximum atomic E-state index is 13.5. The summed E-state index contributed by atoms with van der Waals surface area (Å²) in [6.45, 7) is 6.03. The van der Waals surface area contributed by atoms with Gasteiger partial charge in [0.15, 0.2) is 18.4 Å². The fourth-order valence-corrected chi connectivity index (χ4v) is 7.69. The molecule has 1 N–H and O–H groups in total. The second kappa shape index (κ2) is 17.6. The Morgan fingerprint density at radius 1 is 0.765 bits per heavy atom. The fraction of sp³-hybridized carbons (Fsp3) is 0.342. The Balaban J connectivity index is 1.46. The van der Waals surface area contributed by atoms with Crippen molar-refractivity contribution in [3.05, 3.63) is 140 Å². The third kappa shape index (κ3) is 10.5. The van der Waals surface area contributed by atoms with Crippen LogP contribution in [0.2, 0.25) is 0 Å². The molecule has 0 amide bonds. The highest BCUT2D eigenvalue weighted by Crippen LogP contribution is 2.36. The summed E-state index contributed by atoms with van der Waals surface area (Å²) in [6, 6.07) is 24.7. The van der Waals surface area contributed by atoms with Crippen LogP contribution in [0.15, 0.2) is 107 Å². The Morgan fingerprint density at radius 2 is 1.29 bits per heavy atom. The number of aryl methyl sites for hydroxylation is 1. The van der Waals surface area contributed by atoms with Gasteiger partial charge < -0.3 is 18.9 Å². The van der Waals surface area contributed by atoms with Crippen LogP contribution in [0.5, 0.6) is 0 Å². The van der Waals surface area contributed by atoms with E-state index in [4.69, 9.17) is 18.9 Å². The van der Waals surface area contributed by atoms with E-state index >= 15 is 0 Å². The number of rotatable bonds is 14. The Morgan fingerprint density at radius 3 is 1.84 bits per heavy atom. The average molecular weight is 733 g/mol. The molecule has 11 nitrogen and oxygen atoms in total. The predicted octanol–water partition coefficient (Wildman–Crippen LogP) is 6.24. The molecule has 0 spiro atoms. The number of aromatic nitrogens is 2. The molecule has 3 aromatic carbocycles. The number of unbranched alkanes of at least 4 members (excludes halogenated alkanes) is 1. The molecule has 1 saturated heterocycles. The fourth-order valence-electron chi connectivity index (χ4n) is 5.27. The lowest BCUT2D eigenvalue weighted by atomic mass is 10.1. The monoisotopic (exact) mass is 732 g/mol. The number of aromatic amines is 1. The smallest absolute Gasteiger partial charge is 0.338 e. The van der Waals surface area contributed by atoms with Gasteiger partial charge in [-0.1, -0.05) is 97.0 Å². The topological polar surface area (TPSA) is 143 Å². The largest absolute Gasteiger partial charge is 0.459 e. The summed E-state index contributed by atoms with van der Waals surface area (Å²) in [4.78, 5) is 68.5. The summed E-state index contributed by atoms with van der Waals surface area (Å²) in [7, 11) is 3.56. The van der Waals surface area contributed by atoms with Crippen molar-refractivity contribution in [1.29, 1.82) is 0 Å². The average Bonchev–Trinajstić information content (AvgIpc) is 3.45. The van der Waals surface area contributed by atoms with Gasteiger partial charge in [-0.3, -0.25) is 14.3 Å². The Labute approximate surface area is 303 Å². The van der Waals surface area contributed by atoms with Crippen LogP contribution in [0.4, 0.5) is 0 Å². The minimum absolute atomic E-state index is 0.129. The first-order valence-corrected chi connectivity index (χ1v) is 18.9. The van der Waals surface area contributed by atoms with Gasteiger partial charge in [-0.2, -0.15) is 0 Å². The second-order valence-corrected chi connectivity index (χ2v) is 16.0. The quantitative estimate of drug-likeness (QED) is 0.0681. The molecule has 1 aromatic heterocycles. The maximum Gasteiger partial charge on any atom is 0.338 e. The van der Waals surface area contributed by atoms with Gasteiger partial charge >= 0.3 is 23.6 Å². The second-order valence-electron chi connectivity index (χ2n) is 12.8. The van der Waals surface area contributed by atoms with Gasteiger partial charge in [0.1, 0.15) is 12.7 Å². The van der Waals surface area contributed by atoms with Crippen molar-refractivity contribution in [2.24, 2.45) is 0 Å². The highest BCUT2D eigenvalue weighted by molar-refractivity contribution is 8.77. The van der Waals surface area contributed by atoms with Crippen LogP contribution in [0.25, 0.3) is 0 Å². The molecule has 268 valence electrons. The van der Waals surface area contributed by atoms with Gasteiger partial charge in [0.25, 0.3) is 5.56 Å². The first kappa shape index (κ1) is 37.7. The van der Waals surface area contributed by atoms with Crippen molar-refractivity contribution >= 4 is 39.5 Å². The number of esters is 3. The van der Waals surface area contributed by atoms with E-state index in [2.05, 4.69) is 25.8 Å². The molecular weight excluding hydrogens is 693 g/mol. The molecule has 1 fully saturated rings. The zero-order valence-corrected chi connectivity index (χ0v) is 30.2. The Kier molecular flexibility index (Phi) is 13.0. The molecule has 2 heterocycles. The van der Waals surface area contributed by atoms with Gasteiger partial charge in [0.2, 0.25) is 0 Å². The Bertz CT molecular complexity index is 1890. The number of carbonyl (C=O) groups is 3. The number of H-pyrrole nitrogens is 1. The van der Waals surface area contributed by atoms with E-state index in [0.717, 1.165) is 16.7 Å². The van der Waals surface area contributed by atoms with Crippen molar-refractivity contribution < 1.29 is 33.3 Å². The summed E-state index contributed by atoms with van der Waals surface area (Å²) >= 11 is 0. The van der Waals surface area contributed by atoms with Gasteiger partial charge in [-0.25, -0.2) is 19.2 Å². The normalized spacial score (nSPS) is 18.6. The van der Waals surface area contributed by atoms with E-state index in [-0.39, 0.29) is 21.4 Å². The number of nitrogens with one attached hydrogen (secondary N) is 1. The first-order chi connectivity index (χ1) is 24.5. The number of ether oxygens (including phenoxy) is 4. The molecule has 0 radical (unpaired) electrons. The molecule has 4 atom stereocenters. The van der Waals surface area contributed by atoms with Crippen molar-refractivity contribution in [1.82, 2.24) is 9.55 Å². The molecular formula is C38H40N2O9S2. The zero-order chi connectivity index (χ0) is 36.4.